The molecule has 21 heavy (non-hydrogen) atoms. The lowest BCUT2D eigenvalue weighted by Gasteiger charge is -2.44. The van der Waals surface area contributed by atoms with Gasteiger partial charge < -0.3 is 10.5 Å². The molecule has 1 aromatic carbocycles. The highest BCUT2D eigenvalue weighted by Gasteiger charge is 2.31. The molecule has 1 heterocycles. The van der Waals surface area contributed by atoms with Gasteiger partial charge >= 0.3 is 0 Å². The van der Waals surface area contributed by atoms with Crippen LogP contribution in [0.3, 0.4) is 0 Å². The fourth-order valence-corrected chi connectivity index (χ4v) is 3.53. The molecule has 3 heteroatoms. The fourth-order valence-electron chi connectivity index (χ4n) is 3.53. The van der Waals surface area contributed by atoms with E-state index in [0.29, 0.717) is 24.7 Å². The molecular weight excluding hydrogens is 260 g/mol. The Hall–Kier alpha value is -1.06. The van der Waals surface area contributed by atoms with Crippen LogP contribution in [-0.2, 0) is 0 Å². The van der Waals surface area contributed by atoms with Gasteiger partial charge in [-0.3, -0.25) is 4.90 Å². The van der Waals surface area contributed by atoms with E-state index in [9.17, 15) is 0 Å². The Morgan fingerprint density at radius 2 is 1.71 bits per heavy atom. The first-order valence-electron chi connectivity index (χ1n) is 8.27. The average Bonchev–Trinajstić information content (AvgIpc) is 2.44. The average molecular weight is 290 g/mol. The van der Waals surface area contributed by atoms with Crippen molar-refractivity contribution in [2.75, 3.05) is 6.54 Å². The zero-order chi connectivity index (χ0) is 15.4. The van der Waals surface area contributed by atoms with Gasteiger partial charge in [0.15, 0.2) is 0 Å². The molecule has 3 nitrogen and oxygen atoms in total. The fraction of sp³-hybridized carbons (Fsp3) is 0.667. The summed E-state index contributed by atoms with van der Waals surface area (Å²) in [5.74, 6) is 0.935. The Labute approximate surface area is 129 Å². The van der Waals surface area contributed by atoms with E-state index in [1.165, 1.54) is 24.8 Å². The number of likely N-dealkylation sites (tertiary alicyclic amines) is 1. The smallest absolute Gasteiger partial charge is 0.119 e. The first kappa shape index (κ1) is 16.3. The molecule has 2 N–H and O–H groups in total. The highest BCUT2D eigenvalue weighted by Crippen LogP contribution is 2.32. The Bertz CT molecular complexity index is 419. The third kappa shape index (κ3) is 3.98. The Kier molecular flexibility index (Phi) is 5.65. The van der Waals surface area contributed by atoms with E-state index in [0.717, 1.165) is 5.75 Å². The summed E-state index contributed by atoms with van der Waals surface area (Å²) in [7, 11) is 0. The summed E-state index contributed by atoms with van der Waals surface area (Å²) in [5.41, 5.74) is 7.41. The van der Waals surface area contributed by atoms with Gasteiger partial charge in [-0.25, -0.2) is 0 Å². The van der Waals surface area contributed by atoms with Crippen molar-refractivity contribution in [1.29, 1.82) is 0 Å². The summed E-state index contributed by atoms with van der Waals surface area (Å²) in [4.78, 5) is 2.60. The van der Waals surface area contributed by atoms with Gasteiger partial charge in [-0.05, 0) is 58.2 Å². The molecule has 1 unspecified atom stereocenters. The van der Waals surface area contributed by atoms with E-state index < -0.39 is 0 Å². The van der Waals surface area contributed by atoms with Gasteiger partial charge in [0.25, 0.3) is 0 Å². The van der Waals surface area contributed by atoms with Gasteiger partial charge in [0.05, 0.1) is 6.10 Å². The number of hydrogen-bond donors (Lipinski definition) is 1. The van der Waals surface area contributed by atoms with E-state index in [1.54, 1.807) is 0 Å². The number of nitrogens with two attached hydrogens (primary N) is 1. The maximum Gasteiger partial charge on any atom is 0.119 e. The second kappa shape index (κ2) is 7.28. The monoisotopic (exact) mass is 290 g/mol. The molecule has 0 aliphatic carbocycles. The van der Waals surface area contributed by atoms with Crippen LogP contribution in [0, 0.1) is 0 Å². The van der Waals surface area contributed by atoms with Crippen molar-refractivity contribution in [3.63, 3.8) is 0 Å². The van der Waals surface area contributed by atoms with Crippen molar-refractivity contribution >= 4 is 0 Å². The maximum absolute atomic E-state index is 6.11. The van der Waals surface area contributed by atoms with Gasteiger partial charge in [-0.15, -0.1) is 0 Å². The van der Waals surface area contributed by atoms with Crippen LogP contribution in [0.5, 0.6) is 5.75 Å². The summed E-state index contributed by atoms with van der Waals surface area (Å²) in [6.07, 6.45) is 4.09. The first-order chi connectivity index (χ1) is 10.0. The van der Waals surface area contributed by atoms with Crippen molar-refractivity contribution in [3.05, 3.63) is 29.8 Å². The molecule has 0 saturated carbocycles. The van der Waals surface area contributed by atoms with Gasteiger partial charge in [0, 0.05) is 24.7 Å². The molecule has 1 aliphatic heterocycles. The summed E-state index contributed by atoms with van der Waals surface area (Å²) in [6, 6.07) is 9.99. The molecule has 0 radical (unpaired) electrons. The van der Waals surface area contributed by atoms with Crippen LogP contribution < -0.4 is 10.5 Å². The Morgan fingerprint density at radius 3 is 2.19 bits per heavy atom. The largest absolute Gasteiger partial charge is 0.491 e. The van der Waals surface area contributed by atoms with Crippen molar-refractivity contribution < 1.29 is 4.74 Å². The molecular formula is C18H30N2O. The molecule has 2 rings (SSSR count). The molecule has 1 aromatic rings. The highest BCUT2D eigenvalue weighted by atomic mass is 16.5. The van der Waals surface area contributed by atoms with Crippen molar-refractivity contribution in [2.45, 2.75) is 71.2 Å². The summed E-state index contributed by atoms with van der Waals surface area (Å²) in [5, 5.41) is 0. The van der Waals surface area contributed by atoms with Crippen molar-refractivity contribution in [2.24, 2.45) is 5.73 Å². The Morgan fingerprint density at radius 1 is 1.14 bits per heavy atom. The lowest BCUT2D eigenvalue weighted by Crippen LogP contribution is -2.48. The number of piperidine rings is 1. The number of ether oxygens (including phenoxy) is 1. The van der Waals surface area contributed by atoms with Crippen molar-refractivity contribution in [1.82, 2.24) is 4.90 Å². The molecule has 0 amide bonds. The van der Waals surface area contributed by atoms with Crippen molar-refractivity contribution in [3.8, 4) is 5.75 Å². The lowest BCUT2D eigenvalue weighted by molar-refractivity contribution is 0.0577. The maximum atomic E-state index is 6.11. The van der Waals surface area contributed by atoms with Crippen LogP contribution in [0.1, 0.15) is 58.6 Å². The van der Waals surface area contributed by atoms with Crippen LogP contribution in [-0.4, -0.2) is 29.6 Å². The molecule has 1 fully saturated rings. The van der Waals surface area contributed by atoms with Crippen LogP contribution in [0.4, 0.5) is 0 Å². The van der Waals surface area contributed by atoms with Crippen LogP contribution >= 0.6 is 0 Å². The molecule has 0 bridgehead atoms. The molecule has 1 saturated heterocycles. The third-order valence-electron chi connectivity index (χ3n) is 4.48. The predicted octanol–water partition coefficient (Wildman–Crippen LogP) is 3.74. The normalized spacial score (nSPS) is 25.0. The highest BCUT2D eigenvalue weighted by molar-refractivity contribution is 5.30. The SMILES string of the molecule is CC(C)Oc1ccc(C(CN)N2[C@H](C)CCC[C@@H]2C)cc1. The van der Waals surface area contributed by atoms with Gasteiger partial charge in [0.2, 0.25) is 0 Å². The number of benzene rings is 1. The molecule has 1 aliphatic rings. The first-order valence-corrected chi connectivity index (χ1v) is 8.27. The molecule has 0 spiro atoms. The number of hydrogen-bond acceptors (Lipinski definition) is 3. The molecule has 0 aromatic heterocycles. The van der Waals surface area contributed by atoms with E-state index in [2.05, 4.69) is 43.0 Å². The standard InChI is InChI=1S/C18H30N2O/c1-13(2)21-17-10-8-16(9-11-17)18(12-19)20-14(3)6-5-7-15(20)4/h8-11,13-15,18H,5-7,12,19H2,1-4H3/t14-,15+,18?. The summed E-state index contributed by atoms with van der Waals surface area (Å²) < 4.78 is 5.73. The second-order valence-electron chi connectivity index (χ2n) is 6.56. The van der Waals surface area contributed by atoms with E-state index >= 15 is 0 Å². The Balaban J connectivity index is 2.16. The van der Waals surface area contributed by atoms with Crippen LogP contribution in [0.2, 0.25) is 0 Å². The van der Waals surface area contributed by atoms with Crippen LogP contribution in [0.15, 0.2) is 24.3 Å². The van der Waals surface area contributed by atoms with Gasteiger partial charge in [0.1, 0.15) is 5.75 Å². The van der Waals surface area contributed by atoms with E-state index in [4.69, 9.17) is 10.5 Å². The molecule has 118 valence electrons. The second-order valence-corrected chi connectivity index (χ2v) is 6.56. The van der Waals surface area contributed by atoms with E-state index in [-0.39, 0.29) is 6.10 Å². The summed E-state index contributed by atoms with van der Waals surface area (Å²) in [6.45, 7) is 9.42. The number of rotatable bonds is 5. The minimum Gasteiger partial charge on any atom is -0.491 e. The topological polar surface area (TPSA) is 38.5 Å². The van der Waals surface area contributed by atoms with Gasteiger partial charge in [-0.1, -0.05) is 18.6 Å². The number of nitrogens with zero attached hydrogens (tertiary/aromatic N) is 1. The minimum atomic E-state index is 0.211. The zero-order valence-electron chi connectivity index (χ0n) is 13.9. The van der Waals surface area contributed by atoms with E-state index in [1.807, 2.05) is 13.8 Å². The lowest BCUT2D eigenvalue weighted by atomic mass is 9.92. The predicted molar refractivity (Wildman–Crippen MR) is 88.6 cm³/mol. The third-order valence-corrected chi connectivity index (χ3v) is 4.48. The summed E-state index contributed by atoms with van der Waals surface area (Å²) >= 11 is 0. The molecule has 3 atom stereocenters. The van der Waals surface area contributed by atoms with Gasteiger partial charge in [-0.2, -0.15) is 0 Å². The quantitative estimate of drug-likeness (QED) is 0.898. The van der Waals surface area contributed by atoms with Crippen LogP contribution in [0.25, 0.3) is 0 Å². The minimum absolute atomic E-state index is 0.211. The zero-order valence-corrected chi connectivity index (χ0v) is 13.9.